The zero-order valence-corrected chi connectivity index (χ0v) is 13.6. The van der Waals surface area contributed by atoms with Gasteiger partial charge in [-0.15, -0.1) is 0 Å². The molecule has 0 unspecified atom stereocenters. The standard InChI is InChI=1S/C6H7NO6S2.C5H8N4/c7-5-3-4(14(8,9)10)1-2-6(5)15(11,12)13;6-3-1-2-4(7)9-5(3)8/h1-3H,7H2,(H,8,9,10)(H,11,12,13);1-2H,6H2,(H4,7,8,9). The Morgan fingerprint density at radius 2 is 1.38 bits per heavy atom. The van der Waals surface area contributed by atoms with Crippen LogP contribution in [0.15, 0.2) is 40.1 Å². The summed E-state index contributed by atoms with van der Waals surface area (Å²) in [5.74, 6) is 0.678. The minimum atomic E-state index is -4.50. The van der Waals surface area contributed by atoms with Crippen LogP contribution in [-0.2, 0) is 20.2 Å². The van der Waals surface area contributed by atoms with Gasteiger partial charge in [-0.05, 0) is 30.3 Å². The van der Waals surface area contributed by atoms with Gasteiger partial charge >= 0.3 is 0 Å². The molecular weight excluding hydrogens is 362 g/mol. The molecule has 0 spiro atoms. The number of anilines is 4. The fraction of sp³-hybridized carbons (Fsp3) is 0. The van der Waals surface area contributed by atoms with Gasteiger partial charge in [0.1, 0.15) is 16.5 Å². The highest BCUT2D eigenvalue weighted by Gasteiger charge is 2.17. The number of nitrogens with zero attached hydrogens (tertiary/aromatic N) is 1. The van der Waals surface area contributed by atoms with Crippen LogP contribution in [-0.4, -0.2) is 30.9 Å². The van der Waals surface area contributed by atoms with Crippen LogP contribution in [0, 0.1) is 0 Å². The van der Waals surface area contributed by atoms with E-state index in [9.17, 15) is 16.8 Å². The zero-order valence-electron chi connectivity index (χ0n) is 12.0. The van der Waals surface area contributed by atoms with Crippen molar-refractivity contribution < 1.29 is 25.9 Å². The van der Waals surface area contributed by atoms with Crippen molar-refractivity contribution in [3.8, 4) is 0 Å². The molecule has 1 heterocycles. The second-order valence-corrected chi connectivity index (χ2v) is 7.17. The zero-order chi connectivity index (χ0) is 18.7. The van der Waals surface area contributed by atoms with Crippen LogP contribution in [0.1, 0.15) is 0 Å². The van der Waals surface area contributed by atoms with E-state index in [2.05, 4.69) is 4.98 Å². The van der Waals surface area contributed by atoms with Crippen LogP contribution in [0.3, 0.4) is 0 Å². The molecule has 132 valence electrons. The molecule has 24 heavy (non-hydrogen) atoms. The molecule has 0 aliphatic heterocycles. The second-order valence-electron chi connectivity index (χ2n) is 4.36. The topological polar surface area (TPSA) is 226 Å². The van der Waals surface area contributed by atoms with Gasteiger partial charge in [-0.2, -0.15) is 16.8 Å². The average Bonchev–Trinajstić information content (AvgIpc) is 2.41. The first-order valence-electron chi connectivity index (χ1n) is 5.94. The van der Waals surface area contributed by atoms with E-state index in [4.69, 9.17) is 32.0 Å². The third-order valence-corrected chi connectivity index (χ3v) is 4.31. The van der Waals surface area contributed by atoms with Gasteiger partial charge in [0, 0.05) is 0 Å². The van der Waals surface area contributed by atoms with Gasteiger partial charge in [-0.25, -0.2) is 4.98 Å². The fourth-order valence-electron chi connectivity index (χ4n) is 1.42. The largest absolute Gasteiger partial charge is 0.398 e. The molecule has 0 fully saturated rings. The van der Waals surface area contributed by atoms with E-state index in [1.165, 1.54) is 0 Å². The van der Waals surface area contributed by atoms with E-state index in [-0.39, 0.29) is 5.82 Å². The number of hydrogen-bond acceptors (Lipinski definition) is 9. The van der Waals surface area contributed by atoms with Crippen molar-refractivity contribution in [1.29, 1.82) is 0 Å². The Hall–Kier alpha value is -2.61. The van der Waals surface area contributed by atoms with Gasteiger partial charge in [0.05, 0.1) is 16.3 Å². The SMILES string of the molecule is Nc1cc(S(=O)(=O)O)ccc1S(=O)(=O)O.Nc1ccc(N)c(N)n1. The lowest BCUT2D eigenvalue weighted by Gasteiger charge is -2.03. The van der Waals surface area contributed by atoms with Crippen molar-refractivity contribution in [2.75, 3.05) is 22.9 Å². The molecular formula is C11H15N5O6S2. The fourth-order valence-corrected chi connectivity index (χ4v) is 2.54. The summed E-state index contributed by atoms with van der Waals surface area (Å²) >= 11 is 0. The van der Waals surface area contributed by atoms with Crippen molar-refractivity contribution in [2.24, 2.45) is 0 Å². The number of pyridine rings is 1. The molecule has 0 aliphatic rings. The maximum atomic E-state index is 10.7. The molecule has 0 amide bonds. The third-order valence-electron chi connectivity index (χ3n) is 2.54. The van der Waals surface area contributed by atoms with Gasteiger partial charge < -0.3 is 22.9 Å². The Kier molecular flexibility index (Phi) is 5.57. The number of rotatable bonds is 2. The van der Waals surface area contributed by atoms with Gasteiger partial charge in [-0.3, -0.25) is 9.11 Å². The number of nitrogens with two attached hydrogens (primary N) is 4. The maximum Gasteiger partial charge on any atom is 0.296 e. The van der Waals surface area contributed by atoms with Gasteiger partial charge in [0.2, 0.25) is 0 Å². The number of hydrogen-bond donors (Lipinski definition) is 6. The average molecular weight is 377 g/mol. The summed E-state index contributed by atoms with van der Waals surface area (Å²) in [7, 11) is -8.94. The van der Waals surface area contributed by atoms with Crippen LogP contribution in [0.5, 0.6) is 0 Å². The van der Waals surface area contributed by atoms with E-state index in [0.29, 0.717) is 11.5 Å². The Labute approximate surface area is 137 Å². The molecule has 10 N–H and O–H groups in total. The molecule has 0 saturated carbocycles. The van der Waals surface area contributed by atoms with E-state index >= 15 is 0 Å². The molecule has 2 aromatic rings. The second kappa shape index (κ2) is 6.88. The first-order valence-corrected chi connectivity index (χ1v) is 8.82. The summed E-state index contributed by atoms with van der Waals surface area (Å²) < 4.78 is 59.9. The molecule has 0 saturated heterocycles. The Bertz CT molecular complexity index is 959. The highest BCUT2D eigenvalue weighted by molar-refractivity contribution is 7.86. The molecule has 0 atom stereocenters. The molecule has 11 nitrogen and oxygen atoms in total. The molecule has 0 bridgehead atoms. The lowest BCUT2D eigenvalue weighted by atomic mass is 10.3. The summed E-state index contributed by atoms with van der Waals surface area (Å²) in [4.78, 5) is 2.54. The lowest BCUT2D eigenvalue weighted by molar-refractivity contribution is 0.479. The summed E-state index contributed by atoms with van der Waals surface area (Å²) in [5, 5.41) is 0. The van der Waals surface area contributed by atoms with Crippen LogP contribution < -0.4 is 22.9 Å². The van der Waals surface area contributed by atoms with E-state index < -0.39 is 35.7 Å². The van der Waals surface area contributed by atoms with E-state index in [0.717, 1.165) is 18.2 Å². The smallest absolute Gasteiger partial charge is 0.296 e. The molecule has 1 aromatic heterocycles. The van der Waals surface area contributed by atoms with Crippen molar-refractivity contribution in [3.63, 3.8) is 0 Å². The molecule has 13 heteroatoms. The number of aromatic nitrogens is 1. The molecule has 0 aliphatic carbocycles. The van der Waals surface area contributed by atoms with Crippen LogP contribution >= 0.6 is 0 Å². The Morgan fingerprint density at radius 3 is 1.75 bits per heavy atom. The Morgan fingerprint density at radius 1 is 0.792 bits per heavy atom. The summed E-state index contributed by atoms with van der Waals surface area (Å²) in [6.45, 7) is 0. The lowest BCUT2D eigenvalue weighted by Crippen LogP contribution is -2.05. The summed E-state index contributed by atoms with van der Waals surface area (Å²) in [6.07, 6.45) is 0. The van der Waals surface area contributed by atoms with Crippen molar-refractivity contribution >= 4 is 43.2 Å². The van der Waals surface area contributed by atoms with Crippen LogP contribution in [0.25, 0.3) is 0 Å². The van der Waals surface area contributed by atoms with Gasteiger partial charge in [0.15, 0.2) is 0 Å². The molecule has 2 rings (SSSR count). The van der Waals surface area contributed by atoms with E-state index in [1.54, 1.807) is 12.1 Å². The predicted molar refractivity (Wildman–Crippen MR) is 88.0 cm³/mol. The number of benzene rings is 1. The molecule has 1 aromatic carbocycles. The van der Waals surface area contributed by atoms with Crippen LogP contribution in [0.2, 0.25) is 0 Å². The highest BCUT2D eigenvalue weighted by atomic mass is 32.2. The van der Waals surface area contributed by atoms with Gasteiger partial charge in [0.25, 0.3) is 20.2 Å². The first-order chi connectivity index (χ1) is 10.8. The van der Waals surface area contributed by atoms with E-state index in [1.807, 2.05) is 0 Å². The maximum absolute atomic E-state index is 10.7. The van der Waals surface area contributed by atoms with Crippen molar-refractivity contribution in [1.82, 2.24) is 4.98 Å². The minimum Gasteiger partial charge on any atom is -0.398 e. The summed E-state index contributed by atoms with van der Waals surface area (Å²) in [5.41, 5.74) is 21.1. The normalized spacial score (nSPS) is 11.4. The van der Waals surface area contributed by atoms with Crippen LogP contribution in [0.4, 0.5) is 23.0 Å². The predicted octanol–water partition coefficient (Wildman–Crippen LogP) is -0.410. The quantitative estimate of drug-likeness (QED) is 0.291. The monoisotopic (exact) mass is 377 g/mol. The van der Waals surface area contributed by atoms with Gasteiger partial charge in [-0.1, -0.05) is 0 Å². The number of nitrogen functional groups attached to an aromatic ring is 4. The Balaban J connectivity index is 0.000000272. The highest BCUT2D eigenvalue weighted by Crippen LogP contribution is 2.21. The first kappa shape index (κ1) is 19.4. The van der Waals surface area contributed by atoms with Crippen molar-refractivity contribution in [2.45, 2.75) is 9.79 Å². The van der Waals surface area contributed by atoms with Crippen molar-refractivity contribution in [3.05, 3.63) is 30.3 Å². The minimum absolute atomic E-state index is 0.287. The molecule has 0 radical (unpaired) electrons. The third kappa shape index (κ3) is 5.24. The summed E-state index contributed by atoms with van der Waals surface area (Å²) in [6, 6.07) is 5.56.